The zero-order valence-electron chi connectivity index (χ0n) is 14.3. The first-order valence-corrected chi connectivity index (χ1v) is 8.80. The van der Waals surface area contributed by atoms with Crippen molar-refractivity contribution in [2.45, 2.75) is 19.9 Å². The molecule has 2 aromatic rings. The van der Waals surface area contributed by atoms with Crippen molar-refractivity contribution in [1.82, 2.24) is 10.6 Å². The maximum Gasteiger partial charge on any atom is 0.319 e. The summed E-state index contributed by atoms with van der Waals surface area (Å²) >= 11 is 3.27. The molecular weight excluding hydrogens is 398 g/mol. The van der Waals surface area contributed by atoms with Crippen LogP contribution in [0, 0.1) is 6.92 Å². The van der Waals surface area contributed by atoms with E-state index in [4.69, 9.17) is 0 Å². The summed E-state index contributed by atoms with van der Waals surface area (Å²) in [6.07, 6.45) is 0. The van der Waals surface area contributed by atoms with E-state index in [0.29, 0.717) is 27.0 Å². The van der Waals surface area contributed by atoms with Crippen LogP contribution >= 0.6 is 15.9 Å². The van der Waals surface area contributed by atoms with Crippen LogP contribution in [0.5, 0.6) is 5.75 Å². The summed E-state index contributed by atoms with van der Waals surface area (Å²) in [6.45, 7) is 3.60. The van der Waals surface area contributed by atoms with Crippen LogP contribution in [0.15, 0.2) is 58.2 Å². The highest BCUT2D eigenvalue weighted by atomic mass is 79.9. The molecule has 1 heterocycles. The largest absolute Gasteiger partial charge is 0.507 e. The smallest absolute Gasteiger partial charge is 0.319 e. The zero-order chi connectivity index (χ0) is 18.8. The third-order valence-electron chi connectivity index (χ3n) is 4.21. The Morgan fingerprint density at radius 3 is 2.62 bits per heavy atom. The number of anilines is 1. The number of nitrogens with one attached hydrogen (secondary N) is 3. The monoisotopic (exact) mass is 415 g/mol. The highest BCUT2D eigenvalue weighted by Gasteiger charge is 2.31. The third kappa shape index (κ3) is 3.57. The number of carbonyl (C=O) groups is 2. The summed E-state index contributed by atoms with van der Waals surface area (Å²) < 4.78 is 0.485. The maximum absolute atomic E-state index is 13.0. The summed E-state index contributed by atoms with van der Waals surface area (Å²) in [5.74, 6) is -0.223. The normalized spacial score (nSPS) is 16.7. The van der Waals surface area contributed by atoms with E-state index >= 15 is 0 Å². The molecule has 0 aliphatic carbocycles. The molecule has 0 radical (unpaired) electrons. The molecule has 0 spiro atoms. The summed E-state index contributed by atoms with van der Waals surface area (Å²) in [7, 11) is 0. The van der Waals surface area contributed by atoms with E-state index in [0.717, 1.165) is 5.56 Å². The number of halogens is 1. The minimum absolute atomic E-state index is 0.0839. The van der Waals surface area contributed by atoms with Crippen molar-refractivity contribution in [3.8, 4) is 5.75 Å². The first-order valence-electron chi connectivity index (χ1n) is 8.00. The number of hydrogen-bond acceptors (Lipinski definition) is 3. The summed E-state index contributed by atoms with van der Waals surface area (Å²) in [4.78, 5) is 24.9. The summed E-state index contributed by atoms with van der Waals surface area (Å²) in [6, 6.07) is 11.3. The number of benzene rings is 2. The molecule has 3 rings (SSSR count). The number of para-hydroxylation sites is 1. The van der Waals surface area contributed by atoms with Crippen LogP contribution in [-0.4, -0.2) is 17.0 Å². The number of hydrogen-bond donors (Lipinski definition) is 4. The lowest BCUT2D eigenvalue weighted by atomic mass is 9.94. The fourth-order valence-corrected chi connectivity index (χ4v) is 3.25. The average molecular weight is 416 g/mol. The van der Waals surface area contributed by atoms with Crippen molar-refractivity contribution in [3.05, 3.63) is 69.3 Å². The quantitative estimate of drug-likeness (QED) is 0.615. The van der Waals surface area contributed by atoms with E-state index in [1.54, 1.807) is 19.1 Å². The van der Waals surface area contributed by atoms with Gasteiger partial charge in [0.2, 0.25) is 0 Å². The number of aromatic hydroxyl groups is 1. The van der Waals surface area contributed by atoms with Gasteiger partial charge in [0.1, 0.15) is 5.75 Å². The molecule has 2 aromatic carbocycles. The van der Waals surface area contributed by atoms with Gasteiger partial charge in [-0.15, -0.1) is 0 Å². The number of phenols is 1. The molecule has 1 atom stereocenters. The van der Waals surface area contributed by atoms with Crippen molar-refractivity contribution in [2.24, 2.45) is 0 Å². The predicted octanol–water partition coefficient (Wildman–Crippen LogP) is 3.73. The first-order chi connectivity index (χ1) is 12.4. The van der Waals surface area contributed by atoms with Crippen LogP contribution in [0.3, 0.4) is 0 Å². The topological polar surface area (TPSA) is 90.5 Å². The van der Waals surface area contributed by atoms with Gasteiger partial charge in [0.25, 0.3) is 5.91 Å². The fraction of sp³-hybridized carbons (Fsp3) is 0.158. The zero-order valence-corrected chi connectivity index (χ0v) is 15.8. The second-order valence-electron chi connectivity index (χ2n) is 6.05. The lowest BCUT2D eigenvalue weighted by Gasteiger charge is -2.29. The second kappa shape index (κ2) is 7.21. The van der Waals surface area contributed by atoms with Crippen molar-refractivity contribution >= 4 is 33.6 Å². The van der Waals surface area contributed by atoms with Crippen molar-refractivity contribution in [1.29, 1.82) is 0 Å². The molecule has 0 fully saturated rings. The molecule has 0 saturated heterocycles. The molecule has 1 aliphatic heterocycles. The Morgan fingerprint density at radius 2 is 1.92 bits per heavy atom. The lowest BCUT2D eigenvalue weighted by molar-refractivity contribution is -0.113. The van der Waals surface area contributed by atoms with Gasteiger partial charge in [-0.1, -0.05) is 24.3 Å². The number of allylic oxidation sites excluding steroid dienone is 1. The molecule has 4 N–H and O–H groups in total. The van der Waals surface area contributed by atoms with E-state index in [1.807, 2.05) is 31.2 Å². The molecule has 0 unspecified atom stereocenters. The highest BCUT2D eigenvalue weighted by molar-refractivity contribution is 9.10. The molecular formula is C19H18BrN3O3. The van der Waals surface area contributed by atoms with Crippen LogP contribution in [0.1, 0.15) is 24.1 Å². The molecule has 26 heavy (non-hydrogen) atoms. The molecule has 0 aromatic heterocycles. The van der Waals surface area contributed by atoms with Crippen molar-refractivity contribution < 1.29 is 14.7 Å². The number of phenolic OH excluding ortho intramolecular Hbond substituents is 1. The minimum atomic E-state index is -0.635. The van der Waals surface area contributed by atoms with E-state index in [1.165, 1.54) is 6.07 Å². The third-order valence-corrected chi connectivity index (χ3v) is 4.85. The summed E-state index contributed by atoms with van der Waals surface area (Å²) in [5.41, 5.74) is 3.22. The molecule has 1 aliphatic rings. The SMILES string of the molecule is CC1=C(C(=O)Nc2ccccc2C)[C@H](c2ccc(O)c(Br)c2)NC(=O)N1. The van der Waals surface area contributed by atoms with Gasteiger partial charge in [0.15, 0.2) is 0 Å². The van der Waals surface area contributed by atoms with Crippen molar-refractivity contribution in [3.63, 3.8) is 0 Å². The predicted molar refractivity (Wildman–Crippen MR) is 103 cm³/mol. The fourth-order valence-electron chi connectivity index (χ4n) is 2.85. The van der Waals surface area contributed by atoms with E-state index < -0.39 is 6.04 Å². The van der Waals surface area contributed by atoms with Gasteiger partial charge in [0.05, 0.1) is 16.1 Å². The Bertz CT molecular complexity index is 924. The number of amides is 3. The van der Waals surface area contributed by atoms with E-state index in [-0.39, 0.29) is 17.7 Å². The van der Waals surface area contributed by atoms with Crippen LogP contribution < -0.4 is 16.0 Å². The van der Waals surface area contributed by atoms with Crippen LogP contribution in [0.25, 0.3) is 0 Å². The Labute approximate surface area is 159 Å². The Balaban J connectivity index is 1.99. The van der Waals surface area contributed by atoms with Crippen LogP contribution in [0.4, 0.5) is 10.5 Å². The standard InChI is InChI=1S/C19H18BrN3O3/c1-10-5-3-4-6-14(10)22-18(25)16-11(2)21-19(26)23-17(16)12-7-8-15(24)13(20)9-12/h3-9,17,24H,1-2H3,(H,22,25)(H2,21,23,26)/t17-/m0/s1. The lowest BCUT2D eigenvalue weighted by Crippen LogP contribution is -2.46. The van der Waals surface area contributed by atoms with E-state index in [9.17, 15) is 14.7 Å². The average Bonchev–Trinajstić information content (AvgIpc) is 2.58. The molecule has 3 amide bonds. The van der Waals surface area contributed by atoms with E-state index in [2.05, 4.69) is 31.9 Å². The maximum atomic E-state index is 13.0. The molecule has 6 nitrogen and oxygen atoms in total. The van der Waals surface area contributed by atoms with Gasteiger partial charge in [-0.05, 0) is 59.1 Å². The number of urea groups is 1. The van der Waals surface area contributed by atoms with Gasteiger partial charge < -0.3 is 21.1 Å². The van der Waals surface area contributed by atoms with Crippen LogP contribution in [0.2, 0.25) is 0 Å². The Hall–Kier alpha value is -2.80. The minimum Gasteiger partial charge on any atom is -0.507 e. The van der Waals surface area contributed by atoms with Gasteiger partial charge in [0, 0.05) is 11.4 Å². The molecule has 0 bridgehead atoms. The number of carbonyl (C=O) groups excluding carboxylic acids is 2. The Morgan fingerprint density at radius 1 is 1.19 bits per heavy atom. The Kier molecular flexibility index (Phi) is 4.99. The van der Waals surface area contributed by atoms with Gasteiger partial charge in [-0.2, -0.15) is 0 Å². The van der Waals surface area contributed by atoms with Gasteiger partial charge in [-0.25, -0.2) is 4.79 Å². The second-order valence-corrected chi connectivity index (χ2v) is 6.90. The van der Waals surface area contributed by atoms with Crippen molar-refractivity contribution in [2.75, 3.05) is 5.32 Å². The number of rotatable bonds is 3. The van der Waals surface area contributed by atoms with Gasteiger partial charge >= 0.3 is 6.03 Å². The first kappa shape index (κ1) is 18.0. The van der Waals surface area contributed by atoms with Gasteiger partial charge in [-0.3, -0.25) is 4.79 Å². The molecule has 0 saturated carbocycles. The number of aryl methyl sites for hydroxylation is 1. The highest BCUT2D eigenvalue weighted by Crippen LogP contribution is 2.32. The summed E-state index contributed by atoms with van der Waals surface area (Å²) in [5, 5.41) is 18.0. The molecule has 7 heteroatoms. The van der Waals surface area contributed by atoms with Crippen LogP contribution in [-0.2, 0) is 4.79 Å². The molecule has 134 valence electrons.